The van der Waals surface area contributed by atoms with E-state index in [1.807, 2.05) is 25.8 Å². The van der Waals surface area contributed by atoms with Crippen LogP contribution in [0.4, 0.5) is 0 Å². The first-order valence-corrected chi connectivity index (χ1v) is 14.1. The quantitative estimate of drug-likeness (QED) is 0.546. The van der Waals surface area contributed by atoms with Crippen LogP contribution in [0.15, 0.2) is 22.7 Å². The second-order valence-corrected chi connectivity index (χ2v) is 11.4. The largest absolute Gasteiger partial charge is 0.361 e. The van der Waals surface area contributed by atoms with Crippen molar-refractivity contribution in [1.82, 2.24) is 29.8 Å². The Labute approximate surface area is 219 Å². The number of hydrogen-bond donors (Lipinski definition) is 1. The van der Waals surface area contributed by atoms with Gasteiger partial charge in [0, 0.05) is 44.7 Å². The van der Waals surface area contributed by atoms with E-state index in [2.05, 4.69) is 38.1 Å². The van der Waals surface area contributed by atoms with Gasteiger partial charge in [0.2, 0.25) is 5.91 Å². The highest BCUT2D eigenvalue weighted by atomic mass is 16.5. The summed E-state index contributed by atoms with van der Waals surface area (Å²) in [6.45, 7) is 9.76. The van der Waals surface area contributed by atoms with Crippen molar-refractivity contribution in [1.29, 1.82) is 0 Å². The number of likely N-dealkylation sites (tertiary alicyclic amines) is 2. The zero-order chi connectivity index (χ0) is 25.5. The highest BCUT2D eigenvalue weighted by Gasteiger charge is 2.34. The van der Waals surface area contributed by atoms with Gasteiger partial charge in [0.15, 0.2) is 0 Å². The molecule has 1 atom stereocenters. The maximum absolute atomic E-state index is 12.7. The molecule has 0 saturated carbocycles. The summed E-state index contributed by atoms with van der Waals surface area (Å²) in [6, 6.07) is 7.01. The number of hydrogen-bond acceptors (Lipinski definition) is 6. The molecule has 0 spiro atoms. The third kappa shape index (κ3) is 4.70. The summed E-state index contributed by atoms with van der Waals surface area (Å²) in [5.74, 6) is 2.93. The molecule has 8 nitrogen and oxygen atoms in total. The lowest BCUT2D eigenvalue weighted by Gasteiger charge is -2.38. The Bertz CT molecular complexity index is 1250. The third-order valence-corrected chi connectivity index (χ3v) is 8.96. The summed E-state index contributed by atoms with van der Waals surface area (Å²) in [5, 5.41) is 7.65. The normalized spacial score (nSPS) is 22.8. The molecular weight excluding hydrogens is 464 g/mol. The molecule has 1 unspecified atom stereocenters. The summed E-state index contributed by atoms with van der Waals surface area (Å²) in [7, 11) is 1.95. The van der Waals surface area contributed by atoms with E-state index in [1.165, 1.54) is 24.9 Å². The van der Waals surface area contributed by atoms with Crippen molar-refractivity contribution >= 4 is 16.9 Å². The Hall–Kier alpha value is -2.71. The molecule has 8 heteroatoms. The van der Waals surface area contributed by atoms with E-state index in [-0.39, 0.29) is 11.9 Å². The molecule has 1 N–H and O–H groups in total. The standard InChI is InChI=1S/C29H40N6O2/c1-19-28(20(2)37-32-19)22-7-8-25-24(17-22)31-29(26-5-4-6-27(36)33(26)3)35(25)23-11-15-34(16-12-23)18-21-9-13-30-14-10-21/h7-8,17,21,23,26,30H,4-6,9-16,18H2,1-3H3. The molecule has 1 amide bonds. The molecular formula is C29H40N6O2. The van der Waals surface area contributed by atoms with Crippen molar-refractivity contribution < 1.29 is 9.32 Å². The van der Waals surface area contributed by atoms with Gasteiger partial charge in [0.25, 0.3) is 0 Å². The maximum Gasteiger partial charge on any atom is 0.222 e. The van der Waals surface area contributed by atoms with E-state index < -0.39 is 0 Å². The summed E-state index contributed by atoms with van der Waals surface area (Å²) in [6.07, 6.45) is 7.38. The number of benzene rings is 1. The number of imidazole rings is 1. The number of nitrogens with one attached hydrogen (secondary N) is 1. The molecule has 2 aromatic heterocycles. The van der Waals surface area contributed by atoms with Crippen LogP contribution in [0.25, 0.3) is 22.2 Å². The SMILES string of the molecule is Cc1noc(C)c1-c1ccc2c(c1)nc(C1CCCC(=O)N1C)n2C1CCN(CC2CCNCC2)CC1. The lowest BCUT2D eigenvalue weighted by molar-refractivity contribution is -0.135. The van der Waals surface area contributed by atoms with Crippen molar-refractivity contribution in [3.63, 3.8) is 0 Å². The summed E-state index contributed by atoms with van der Waals surface area (Å²) < 4.78 is 7.94. The minimum atomic E-state index is 0.0314. The fourth-order valence-corrected chi connectivity index (χ4v) is 6.87. The second kappa shape index (κ2) is 10.2. The fourth-order valence-electron chi connectivity index (χ4n) is 6.87. The molecule has 3 saturated heterocycles. The Morgan fingerprint density at radius 1 is 1.08 bits per heavy atom. The van der Waals surface area contributed by atoms with Crippen molar-refractivity contribution in [3.8, 4) is 11.1 Å². The molecule has 3 aliphatic heterocycles. The van der Waals surface area contributed by atoms with E-state index in [4.69, 9.17) is 9.51 Å². The Morgan fingerprint density at radius 2 is 1.86 bits per heavy atom. The molecule has 3 aromatic rings. The number of fused-ring (bicyclic) bond motifs is 1. The summed E-state index contributed by atoms with van der Waals surface area (Å²) in [5.41, 5.74) is 5.21. The van der Waals surface area contributed by atoms with Crippen LogP contribution in [0.3, 0.4) is 0 Å². The van der Waals surface area contributed by atoms with Gasteiger partial charge in [-0.3, -0.25) is 4.79 Å². The Balaban J connectivity index is 1.32. The number of carbonyl (C=O) groups excluding carboxylic acids is 1. The van der Waals surface area contributed by atoms with Gasteiger partial charge in [0.05, 0.1) is 22.8 Å². The summed E-state index contributed by atoms with van der Waals surface area (Å²) in [4.78, 5) is 22.5. The van der Waals surface area contributed by atoms with E-state index in [9.17, 15) is 4.79 Å². The third-order valence-electron chi connectivity index (χ3n) is 8.96. The minimum absolute atomic E-state index is 0.0314. The van der Waals surface area contributed by atoms with Gasteiger partial charge < -0.3 is 24.2 Å². The molecule has 0 aliphatic carbocycles. The van der Waals surface area contributed by atoms with Gasteiger partial charge in [0.1, 0.15) is 11.6 Å². The topological polar surface area (TPSA) is 79.4 Å². The van der Waals surface area contributed by atoms with Crippen LogP contribution in [-0.2, 0) is 4.79 Å². The van der Waals surface area contributed by atoms with Gasteiger partial charge in [-0.15, -0.1) is 0 Å². The van der Waals surface area contributed by atoms with Crippen molar-refractivity contribution in [3.05, 3.63) is 35.5 Å². The van der Waals surface area contributed by atoms with Crippen molar-refractivity contribution in [2.45, 2.75) is 70.9 Å². The number of piperidine rings is 3. The van der Waals surface area contributed by atoms with Crippen LogP contribution in [0, 0.1) is 19.8 Å². The maximum atomic E-state index is 12.7. The molecule has 37 heavy (non-hydrogen) atoms. The van der Waals surface area contributed by atoms with Gasteiger partial charge in [-0.2, -0.15) is 0 Å². The molecule has 1 aromatic carbocycles. The first kappa shape index (κ1) is 24.6. The number of amides is 1. The van der Waals surface area contributed by atoms with Crippen molar-refractivity contribution in [2.75, 3.05) is 39.8 Å². The molecule has 0 radical (unpaired) electrons. The average Bonchev–Trinajstić information content (AvgIpc) is 3.45. The fraction of sp³-hybridized carbons (Fsp3) is 0.621. The van der Waals surface area contributed by atoms with E-state index in [1.54, 1.807) is 0 Å². The molecule has 5 heterocycles. The second-order valence-electron chi connectivity index (χ2n) is 11.4. The summed E-state index contributed by atoms with van der Waals surface area (Å²) >= 11 is 0. The zero-order valence-corrected chi connectivity index (χ0v) is 22.5. The molecule has 198 valence electrons. The lowest BCUT2D eigenvalue weighted by Crippen LogP contribution is -2.41. The lowest BCUT2D eigenvalue weighted by atomic mass is 9.95. The monoisotopic (exact) mass is 504 g/mol. The van der Waals surface area contributed by atoms with Crippen LogP contribution in [-0.4, -0.2) is 70.2 Å². The predicted octanol–water partition coefficient (Wildman–Crippen LogP) is 4.63. The van der Waals surface area contributed by atoms with Gasteiger partial charge >= 0.3 is 0 Å². The molecule has 3 aliphatic rings. The minimum Gasteiger partial charge on any atom is -0.361 e. The van der Waals surface area contributed by atoms with Gasteiger partial charge in [-0.25, -0.2) is 4.98 Å². The van der Waals surface area contributed by atoms with Crippen LogP contribution in [0.5, 0.6) is 0 Å². The number of aryl methyl sites for hydroxylation is 2. The molecule has 6 rings (SSSR count). The van der Waals surface area contributed by atoms with Crippen LogP contribution in [0.1, 0.15) is 74.3 Å². The van der Waals surface area contributed by atoms with Crippen LogP contribution in [0.2, 0.25) is 0 Å². The number of aromatic nitrogens is 3. The van der Waals surface area contributed by atoms with E-state index in [0.717, 1.165) is 91.7 Å². The Morgan fingerprint density at radius 3 is 2.59 bits per heavy atom. The van der Waals surface area contributed by atoms with E-state index in [0.29, 0.717) is 12.5 Å². The Kier molecular flexibility index (Phi) is 6.80. The van der Waals surface area contributed by atoms with E-state index >= 15 is 0 Å². The number of rotatable bonds is 5. The highest BCUT2D eigenvalue weighted by molar-refractivity contribution is 5.84. The first-order chi connectivity index (χ1) is 18.0. The molecule has 0 bridgehead atoms. The predicted molar refractivity (Wildman–Crippen MR) is 144 cm³/mol. The zero-order valence-electron chi connectivity index (χ0n) is 22.5. The van der Waals surface area contributed by atoms with Gasteiger partial charge in [-0.1, -0.05) is 11.2 Å². The molecule has 3 fully saturated rings. The smallest absolute Gasteiger partial charge is 0.222 e. The van der Waals surface area contributed by atoms with Gasteiger partial charge in [-0.05, 0) is 89.1 Å². The number of nitrogens with zero attached hydrogens (tertiary/aromatic N) is 5. The van der Waals surface area contributed by atoms with Crippen LogP contribution >= 0.6 is 0 Å². The first-order valence-electron chi connectivity index (χ1n) is 14.1. The number of carbonyl (C=O) groups is 1. The van der Waals surface area contributed by atoms with Crippen molar-refractivity contribution in [2.24, 2.45) is 5.92 Å². The average molecular weight is 505 g/mol. The van der Waals surface area contributed by atoms with Crippen LogP contribution < -0.4 is 5.32 Å². The highest BCUT2D eigenvalue weighted by Crippen LogP contribution is 2.38.